The highest BCUT2D eigenvalue weighted by molar-refractivity contribution is 5.78. The van der Waals surface area contributed by atoms with Crippen LogP contribution in [0, 0.1) is 12.3 Å². The fourth-order valence-corrected chi connectivity index (χ4v) is 1.04. The summed E-state index contributed by atoms with van der Waals surface area (Å²) in [5, 5.41) is 9.49. The highest BCUT2D eigenvalue weighted by Gasteiger charge is 2.20. The lowest BCUT2D eigenvalue weighted by atomic mass is 10.1. The first-order valence-corrected chi connectivity index (χ1v) is 4.34. The van der Waals surface area contributed by atoms with Gasteiger partial charge in [0.2, 0.25) is 5.91 Å². The Morgan fingerprint density at radius 3 is 2.46 bits per heavy atom. The zero-order chi connectivity index (χ0) is 10.5. The van der Waals surface area contributed by atoms with E-state index in [0.29, 0.717) is 13.1 Å². The van der Waals surface area contributed by atoms with Crippen LogP contribution in [0.1, 0.15) is 27.2 Å². The van der Waals surface area contributed by atoms with Gasteiger partial charge in [-0.05, 0) is 20.8 Å². The molecule has 0 fully saturated rings. The van der Waals surface area contributed by atoms with Crippen LogP contribution in [0.2, 0.25) is 0 Å². The first kappa shape index (κ1) is 12.0. The van der Waals surface area contributed by atoms with Crippen LogP contribution in [0.3, 0.4) is 0 Å². The number of likely N-dealkylation sites (N-methyl/N-ethyl adjacent to an activating group) is 1. The molecule has 13 heavy (non-hydrogen) atoms. The minimum atomic E-state index is -0.861. The maximum Gasteiger partial charge on any atom is 0.234 e. The summed E-state index contributed by atoms with van der Waals surface area (Å²) in [7, 11) is 0. The first-order valence-electron chi connectivity index (χ1n) is 4.34. The van der Waals surface area contributed by atoms with Gasteiger partial charge in [-0.25, -0.2) is 0 Å². The number of terminal acetylenes is 1. The van der Waals surface area contributed by atoms with Crippen LogP contribution in [0.5, 0.6) is 0 Å². The molecule has 0 aromatic rings. The van der Waals surface area contributed by atoms with Gasteiger partial charge < -0.3 is 10.0 Å². The molecular weight excluding hydrogens is 166 g/mol. The summed E-state index contributed by atoms with van der Waals surface area (Å²) in [6, 6.07) is 0. The number of hydrogen-bond acceptors (Lipinski definition) is 2. The second-order valence-electron chi connectivity index (χ2n) is 3.60. The Hall–Kier alpha value is -1.01. The van der Waals surface area contributed by atoms with Gasteiger partial charge in [-0.15, -0.1) is 6.42 Å². The summed E-state index contributed by atoms with van der Waals surface area (Å²) in [5.74, 6) is 2.19. The van der Waals surface area contributed by atoms with Crippen LogP contribution < -0.4 is 0 Å². The molecule has 1 amide bonds. The van der Waals surface area contributed by atoms with Gasteiger partial charge >= 0.3 is 0 Å². The molecule has 3 heteroatoms. The summed E-state index contributed by atoms with van der Waals surface area (Å²) < 4.78 is 0. The Bertz CT molecular complexity index is 210. The van der Waals surface area contributed by atoms with Crippen molar-refractivity contribution in [1.29, 1.82) is 0 Å². The van der Waals surface area contributed by atoms with Gasteiger partial charge in [0.05, 0.1) is 12.0 Å². The van der Waals surface area contributed by atoms with Crippen LogP contribution in [-0.2, 0) is 4.79 Å². The molecule has 0 aromatic heterocycles. The second-order valence-corrected chi connectivity index (χ2v) is 3.60. The maximum atomic E-state index is 11.3. The largest absolute Gasteiger partial charge is 0.389 e. The van der Waals surface area contributed by atoms with E-state index in [1.54, 1.807) is 18.7 Å². The van der Waals surface area contributed by atoms with Gasteiger partial charge in [0, 0.05) is 13.1 Å². The molecule has 0 rings (SSSR count). The Balaban J connectivity index is 4.20. The summed E-state index contributed by atoms with van der Waals surface area (Å²) in [6.07, 6.45) is 5.13. The van der Waals surface area contributed by atoms with E-state index >= 15 is 0 Å². The molecule has 74 valence electrons. The molecular formula is C10H17NO2. The average molecular weight is 183 g/mol. The van der Waals surface area contributed by atoms with Crippen molar-refractivity contribution in [3.05, 3.63) is 0 Å². The molecule has 0 atom stereocenters. The van der Waals surface area contributed by atoms with E-state index in [4.69, 9.17) is 6.42 Å². The van der Waals surface area contributed by atoms with Crippen molar-refractivity contribution >= 4 is 5.91 Å². The molecule has 0 bridgehead atoms. The number of carbonyl (C=O) groups excluding carboxylic acids is 1. The monoisotopic (exact) mass is 183 g/mol. The molecule has 0 heterocycles. The average Bonchev–Trinajstić information content (AvgIpc) is 1.99. The van der Waals surface area contributed by atoms with Crippen molar-refractivity contribution < 1.29 is 9.90 Å². The highest BCUT2D eigenvalue weighted by atomic mass is 16.3. The first-order chi connectivity index (χ1) is 5.90. The summed E-state index contributed by atoms with van der Waals surface area (Å²) >= 11 is 0. The lowest BCUT2D eigenvalue weighted by Gasteiger charge is -2.27. The fraction of sp³-hybridized carbons (Fsp3) is 0.700. The van der Waals surface area contributed by atoms with Crippen LogP contribution in [0.4, 0.5) is 0 Å². The van der Waals surface area contributed by atoms with Gasteiger partial charge in [0.1, 0.15) is 0 Å². The highest BCUT2D eigenvalue weighted by Crippen LogP contribution is 2.05. The molecule has 0 radical (unpaired) electrons. The second kappa shape index (κ2) is 4.88. The predicted octanol–water partition coefficient (Wildman–Crippen LogP) is 0.629. The van der Waals surface area contributed by atoms with E-state index < -0.39 is 5.60 Å². The zero-order valence-corrected chi connectivity index (χ0v) is 8.50. The fourth-order valence-electron chi connectivity index (χ4n) is 1.04. The molecule has 0 unspecified atom stereocenters. The Morgan fingerprint density at radius 2 is 2.15 bits per heavy atom. The lowest BCUT2D eigenvalue weighted by Crippen LogP contribution is -2.41. The van der Waals surface area contributed by atoms with Crippen molar-refractivity contribution in [2.75, 3.05) is 13.1 Å². The van der Waals surface area contributed by atoms with Crippen molar-refractivity contribution in [1.82, 2.24) is 4.90 Å². The van der Waals surface area contributed by atoms with Crippen molar-refractivity contribution in [3.8, 4) is 12.3 Å². The number of aliphatic hydroxyl groups is 1. The van der Waals surface area contributed by atoms with Gasteiger partial charge in [-0.1, -0.05) is 5.92 Å². The van der Waals surface area contributed by atoms with Crippen LogP contribution in [-0.4, -0.2) is 34.6 Å². The Labute approximate surface area is 79.7 Å². The Kier molecular flexibility index (Phi) is 4.50. The smallest absolute Gasteiger partial charge is 0.234 e. The quantitative estimate of drug-likeness (QED) is 0.649. The molecule has 3 nitrogen and oxygen atoms in total. The Morgan fingerprint density at radius 1 is 1.62 bits per heavy atom. The minimum absolute atomic E-state index is 0.101. The van der Waals surface area contributed by atoms with E-state index in [0.717, 1.165) is 0 Å². The number of amides is 1. The zero-order valence-electron chi connectivity index (χ0n) is 8.50. The third-order valence-corrected chi connectivity index (χ3v) is 1.57. The molecule has 0 saturated carbocycles. The molecule has 0 aliphatic heterocycles. The third kappa shape index (κ3) is 5.26. The van der Waals surface area contributed by atoms with Crippen molar-refractivity contribution in [2.24, 2.45) is 0 Å². The number of hydrogen-bond donors (Lipinski definition) is 1. The molecule has 0 aromatic carbocycles. The van der Waals surface area contributed by atoms with E-state index in [1.165, 1.54) is 0 Å². The van der Waals surface area contributed by atoms with E-state index in [2.05, 4.69) is 5.92 Å². The predicted molar refractivity (Wildman–Crippen MR) is 52.0 cm³/mol. The minimum Gasteiger partial charge on any atom is -0.389 e. The van der Waals surface area contributed by atoms with Crippen molar-refractivity contribution in [3.63, 3.8) is 0 Å². The molecule has 0 saturated heterocycles. The molecule has 0 aliphatic carbocycles. The van der Waals surface area contributed by atoms with Crippen LogP contribution in [0.25, 0.3) is 0 Å². The van der Waals surface area contributed by atoms with Crippen molar-refractivity contribution in [2.45, 2.75) is 32.8 Å². The molecule has 1 N–H and O–H groups in total. The van der Waals surface area contributed by atoms with Crippen LogP contribution in [0.15, 0.2) is 0 Å². The maximum absolute atomic E-state index is 11.3. The lowest BCUT2D eigenvalue weighted by molar-refractivity contribution is -0.132. The normalized spacial score (nSPS) is 10.7. The number of carbonyl (C=O) groups is 1. The van der Waals surface area contributed by atoms with E-state index in [-0.39, 0.29) is 12.3 Å². The van der Waals surface area contributed by atoms with Crippen LogP contribution >= 0.6 is 0 Å². The summed E-state index contributed by atoms with van der Waals surface area (Å²) in [6.45, 7) is 6.09. The SMILES string of the molecule is C#CCC(=O)N(CC)CC(C)(C)O. The summed E-state index contributed by atoms with van der Waals surface area (Å²) in [4.78, 5) is 12.9. The molecule has 0 aliphatic rings. The van der Waals surface area contributed by atoms with Gasteiger partial charge in [-0.3, -0.25) is 4.79 Å². The van der Waals surface area contributed by atoms with E-state index in [9.17, 15) is 9.90 Å². The summed E-state index contributed by atoms with van der Waals surface area (Å²) in [5.41, 5.74) is -0.861. The van der Waals surface area contributed by atoms with Gasteiger partial charge in [0.25, 0.3) is 0 Å². The number of nitrogens with zero attached hydrogens (tertiary/aromatic N) is 1. The van der Waals surface area contributed by atoms with E-state index in [1.807, 2.05) is 6.92 Å². The standard InChI is InChI=1S/C10H17NO2/c1-5-7-9(12)11(6-2)8-10(3,4)13/h1,13H,6-8H2,2-4H3. The molecule has 0 spiro atoms. The third-order valence-electron chi connectivity index (χ3n) is 1.57. The van der Waals surface area contributed by atoms with Gasteiger partial charge in [-0.2, -0.15) is 0 Å². The topological polar surface area (TPSA) is 40.5 Å². The van der Waals surface area contributed by atoms with Gasteiger partial charge in [0.15, 0.2) is 0 Å². The number of rotatable bonds is 4.